The molecule has 0 saturated heterocycles. The van der Waals surface area contributed by atoms with E-state index in [0.717, 1.165) is 12.1 Å². The molecule has 1 aromatic carbocycles. The van der Waals surface area contributed by atoms with Gasteiger partial charge in [0.05, 0.1) is 4.99 Å². The Kier molecular flexibility index (Phi) is 5.65. The van der Waals surface area contributed by atoms with Crippen molar-refractivity contribution in [2.24, 2.45) is 5.92 Å². The van der Waals surface area contributed by atoms with Crippen LogP contribution >= 0.6 is 12.2 Å². The fourth-order valence-electron chi connectivity index (χ4n) is 1.68. The Bertz CT molecular complexity index is 442. The van der Waals surface area contributed by atoms with E-state index >= 15 is 0 Å². The molecule has 96 valence electrons. The zero-order valence-electron chi connectivity index (χ0n) is 10.6. The third kappa shape index (κ3) is 4.04. The minimum absolute atomic E-state index is 0.113. The van der Waals surface area contributed by atoms with Crippen molar-refractivity contribution >= 4 is 34.5 Å². The van der Waals surface area contributed by atoms with Gasteiger partial charge in [-0.05, 0) is 25.5 Å². The van der Waals surface area contributed by atoms with E-state index in [0.29, 0.717) is 6.42 Å². The second kappa shape index (κ2) is 7.01. The third-order valence-corrected chi connectivity index (χ3v) is 2.87. The molecule has 0 heterocycles. The Labute approximate surface area is 113 Å². The molecule has 0 spiro atoms. The number of benzene rings is 1. The number of ketones is 2. The molecule has 1 rings (SSSR count). The van der Waals surface area contributed by atoms with E-state index in [1.807, 2.05) is 37.3 Å². The fraction of sp³-hybridized carbons (Fsp3) is 0.357. The van der Waals surface area contributed by atoms with Gasteiger partial charge in [0.15, 0.2) is 0 Å². The van der Waals surface area contributed by atoms with Crippen LogP contribution in [-0.2, 0) is 9.59 Å². The van der Waals surface area contributed by atoms with Crippen LogP contribution in [0.15, 0.2) is 30.3 Å². The van der Waals surface area contributed by atoms with E-state index in [4.69, 9.17) is 12.2 Å². The molecule has 0 fully saturated rings. The summed E-state index contributed by atoms with van der Waals surface area (Å²) in [5, 5.41) is 2.95. The zero-order valence-corrected chi connectivity index (χ0v) is 11.4. The average molecular weight is 263 g/mol. The first-order valence-electron chi connectivity index (χ1n) is 5.95. The van der Waals surface area contributed by atoms with Gasteiger partial charge in [0, 0.05) is 12.1 Å². The molecule has 0 amide bonds. The molecule has 0 radical (unpaired) electrons. The van der Waals surface area contributed by atoms with Crippen LogP contribution in [0.4, 0.5) is 5.69 Å². The molecule has 1 atom stereocenters. The monoisotopic (exact) mass is 263 g/mol. The maximum absolute atomic E-state index is 11.9. The van der Waals surface area contributed by atoms with Crippen LogP contribution in [0, 0.1) is 5.92 Å². The Morgan fingerprint density at radius 1 is 1.28 bits per heavy atom. The van der Waals surface area contributed by atoms with Gasteiger partial charge >= 0.3 is 0 Å². The highest BCUT2D eigenvalue weighted by molar-refractivity contribution is 7.80. The lowest BCUT2D eigenvalue weighted by molar-refractivity contribution is -0.128. The molecule has 1 aromatic rings. The summed E-state index contributed by atoms with van der Waals surface area (Å²) in [4.78, 5) is 23.7. The van der Waals surface area contributed by atoms with Gasteiger partial charge in [-0.2, -0.15) is 0 Å². The van der Waals surface area contributed by atoms with Gasteiger partial charge in [0.25, 0.3) is 0 Å². The summed E-state index contributed by atoms with van der Waals surface area (Å²) in [7, 11) is 0. The molecule has 0 aromatic heterocycles. The summed E-state index contributed by atoms with van der Waals surface area (Å²) < 4.78 is 0. The maximum atomic E-state index is 11.9. The van der Waals surface area contributed by atoms with Gasteiger partial charge in [0.2, 0.25) is 0 Å². The van der Waals surface area contributed by atoms with Crippen LogP contribution in [0.25, 0.3) is 0 Å². The van der Waals surface area contributed by atoms with Crippen LogP contribution in [0.1, 0.15) is 26.7 Å². The summed E-state index contributed by atoms with van der Waals surface area (Å²) in [5.74, 6) is -1.14. The molecule has 0 aliphatic rings. The van der Waals surface area contributed by atoms with Crippen LogP contribution in [0.5, 0.6) is 0 Å². The predicted octanol–water partition coefficient (Wildman–Crippen LogP) is 3.00. The smallest absolute Gasteiger partial charge is 0.150 e. The van der Waals surface area contributed by atoms with Crippen LogP contribution in [0.3, 0.4) is 0 Å². The number of carbonyl (C=O) groups excluding carboxylic acids is 2. The van der Waals surface area contributed by atoms with Crippen LogP contribution in [-0.4, -0.2) is 16.6 Å². The van der Waals surface area contributed by atoms with E-state index in [1.54, 1.807) is 0 Å². The summed E-state index contributed by atoms with van der Waals surface area (Å²) in [6, 6.07) is 9.30. The number of hydrogen-bond donors (Lipinski definition) is 1. The minimum atomic E-state index is -0.819. The Morgan fingerprint density at radius 2 is 1.89 bits per heavy atom. The quantitative estimate of drug-likeness (QED) is 0.633. The van der Waals surface area contributed by atoms with E-state index in [9.17, 15) is 9.59 Å². The van der Waals surface area contributed by atoms with Crippen LogP contribution in [0.2, 0.25) is 0 Å². The number of anilines is 1. The average Bonchev–Trinajstić information content (AvgIpc) is 2.30. The van der Waals surface area contributed by atoms with Gasteiger partial charge in [-0.3, -0.25) is 9.59 Å². The Morgan fingerprint density at radius 3 is 2.39 bits per heavy atom. The molecular formula is C14H17NO2S. The van der Waals surface area contributed by atoms with Crippen molar-refractivity contribution in [3.63, 3.8) is 0 Å². The number of rotatable bonds is 6. The highest BCUT2D eigenvalue weighted by Crippen LogP contribution is 2.13. The van der Waals surface area contributed by atoms with E-state index in [1.165, 1.54) is 6.92 Å². The topological polar surface area (TPSA) is 46.2 Å². The van der Waals surface area contributed by atoms with Crippen molar-refractivity contribution in [2.45, 2.75) is 26.7 Å². The second-order valence-corrected chi connectivity index (χ2v) is 4.56. The number of nitrogens with one attached hydrogen (secondary N) is 1. The van der Waals surface area contributed by atoms with E-state index in [2.05, 4.69) is 5.32 Å². The molecular weight excluding hydrogens is 246 g/mol. The first-order chi connectivity index (χ1) is 8.56. The number of hydrogen-bond acceptors (Lipinski definition) is 3. The first-order valence-corrected chi connectivity index (χ1v) is 6.36. The normalized spacial score (nSPS) is 11.7. The Hall–Kier alpha value is -1.55. The van der Waals surface area contributed by atoms with Crippen molar-refractivity contribution in [1.82, 2.24) is 0 Å². The second-order valence-electron chi connectivity index (χ2n) is 4.12. The van der Waals surface area contributed by atoms with Gasteiger partial charge in [-0.15, -0.1) is 0 Å². The summed E-state index contributed by atoms with van der Waals surface area (Å²) >= 11 is 5.17. The molecule has 1 unspecified atom stereocenters. The molecule has 0 saturated carbocycles. The predicted molar refractivity (Wildman–Crippen MR) is 76.7 cm³/mol. The van der Waals surface area contributed by atoms with Gasteiger partial charge in [0.1, 0.15) is 17.5 Å². The molecule has 0 aliphatic heterocycles. The summed E-state index contributed by atoms with van der Waals surface area (Å²) in [6.07, 6.45) is 1.09. The maximum Gasteiger partial charge on any atom is 0.150 e. The van der Waals surface area contributed by atoms with Crippen molar-refractivity contribution in [1.29, 1.82) is 0 Å². The summed E-state index contributed by atoms with van der Waals surface area (Å²) in [6.45, 7) is 3.31. The number of carbonyl (C=O) groups is 2. The summed E-state index contributed by atoms with van der Waals surface area (Å²) in [5.41, 5.74) is 0.790. The molecule has 3 nitrogen and oxygen atoms in total. The third-order valence-electron chi connectivity index (χ3n) is 2.53. The molecule has 0 bridgehead atoms. The first kappa shape index (κ1) is 14.5. The largest absolute Gasteiger partial charge is 0.349 e. The number of para-hydroxylation sites is 1. The lowest BCUT2D eigenvalue weighted by Crippen LogP contribution is -2.33. The SMILES string of the molecule is CCCC(=O)C(C(C)=O)C(=S)Nc1ccccc1. The van der Waals surface area contributed by atoms with Crippen LogP contribution < -0.4 is 5.32 Å². The van der Waals surface area contributed by atoms with Gasteiger partial charge < -0.3 is 5.32 Å². The number of Topliss-reactive ketones (excluding diaryl/α,β-unsaturated/α-hetero) is 2. The Balaban J connectivity index is 2.78. The highest BCUT2D eigenvalue weighted by atomic mass is 32.1. The lowest BCUT2D eigenvalue weighted by Gasteiger charge is -2.15. The minimum Gasteiger partial charge on any atom is -0.349 e. The van der Waals surface area contributed by atoms with Gasteiger partial charge in [-0.1, -0.05) is 37.3 Å². The fourth-order valence-corrected chi connectivity index (χ4v) is 2.10. The molecule has 0 aliphatic carbocycles. The molecule has 1 N–H and O–H groups in total. The van der Waals surface area contributed by atoms with Gasteiger partial charge in [-0.25, -0.2) is 0 Å². The number of thiocarbonyl (C=S) groups is 1. The van der Waals surface area contributed by atoms with E-state index in [-0.39, 0.29) is 16.6 Å². The van der Waals surface area contributed by atoms with Crippen molar-refractivity contribution in [3.8, 4) is 0 Å². The van der Waals surface area contributed by atoms with Crippen molar-refractivity contribution in [3.05, 3.63) is 30.3 Å². The van der Waals surface area contributed by atoms with Crippen molar-refractivity contribution in [2.75, 3.05) is 5.32 Å². The van der Waals surface area contributed by atoms with Crippen molar-refractivity contribution < 1.29 is 9.59 Å². The molecule has 18 heavy (non-hydrogen) atoms. The highest BCUT2D eigenvalue weighted by Gasteiger charge is 2.26. The standard InChI is InChI=1S/C14H17NO2S/c1-3-7-12(17)13(10(2)16)14(18)15-11-8-5-4-6-9-11/h4-6,8-9,13H,3,7H2,1-2H3,(H,15,18). The molecule has 4 heteroatoms. The zero-order chi connectivity index (χ0) is 13.5. The van der Waals surface area contributed by atoms with E-state index < -0.39 is 5.92 Å². The lowest BCUT2D eigenvalue weighted by atomic mass is 9.96.